The molecule has 3 atom stereocenters. The first-order valence-electron chi connectivity index (χ1n) is 21.6. The van der Waals surface area contributed by atoms with Crippen molar-refractivity contribution < 1.29 is 42.7 Å². The monoisotopic (exact) mass is 764 g/mol. The molecule has 4 N–H and O–H groups in total. The van der Waals surface area contributed by atoms with E-state index in [9.17, 15) is 19.0 Å². The van der Waals surface area contributed by atoms with Crippen LogP contribution < -0.4 is 5.73 Å². The summed E-state index contributed by atoms with van der Waals surface area (Å²) in [5.41, 5.74) is 5.35. The Kier molecular flexibility index (Phi) is 37.5. The number of aliphatic carboxylic acids is 1. The zero-order valence-electron chi connectivity index (χ0n) is 33.7. The van der Waals surface area contributed by atoms with E-state index in [-0.39, 0.29) is 13.0 Å². The number of unbranched alkanes of at least 4 members (excludes halogenated alkanes) is 28. The van der Waals surface area contributed by atoms with Crippen LogP contribution in [0.1, 0.15) is 213 Å². The molecule has 0 saturated heterocycles. The number of esters is 1. The van der Waals surface area contributed by atoms with Crippen molar-refractivity contribution in [3.8, 4) is 0 Å². The molecule has 0 saturated carbocycles. The molecule has 0 amide bonds. The molecule has 0 aliphatic rings. The first-order chi connectivity index (χ1) is 25.2. The van der Waals surface area contributed by atoms with Gasteiger partial charge in [-0.05, 0) is 12.8 Å². The number of ether oxygens (including phenoxy) is 2. The maximum absolute atomic E-state index is 12.6. The maximum atomic E-state index is 12.6. The van der Waals surface area contributed by atoms with Crippen molar-refractivity contribution in [2.45, 2.75) is 225 Å². The molecular formula is C41H82NO9P. The number of phosphoric acid groups is 1. The summed E-state index contributed by atoms with van der Waals surface area (Å²) >= 11 is 0. The Morgan fingerprint density at radius 1 is 0.538 bits per heavy atom. The number of nitrogens with two attached hydrogens (primary N) is 1. The van der Waals surface area contributed by atoms with E-state index in [2.05, 4.69) is 13.8 Å². The number of carbonyl (C=O) groups is 2. The van der Waals surface area contributed by atoms with Gasteiger partial charge in [-0.1, -0.05) is 194 Å². The lowest BCUT2D eigenvalue weighted by atomic mass is 10.0. The highest BCUT2D eigenvalue weighted by molar-refractivity contribution is 7.47. The summed E-state index contributed by atoms with van der Waals surface area (Å²) in [5, 5.41) is 8.88. The molecule has 0 fully saturated rings. The van der Waals surface area contributed by atoms with E-state index in [4.69, 9.17) is 29.4 Å². The number of rotatable bonds is 42. The average molecular weight is 764 g/mol. The van der Waals surface area contributed by atoms with E-state index < -0.39 is 45.1 Å². The van der Waals surface area contributed by atoms with Crippen LogP contribution in [0.2, 0.25) is 0 Å². The highest BCUT2D eigenvalue weighted by Gasteiger charge is 2.27. The second kappa shape index (κ2) is 38.3. The van der Waals surface area contributed by atoms with Gasteiger partial charge in [-0.2, -0.15) is 0 Å². The lowest BCUT2D eigenvalue weighted by molar-refractivity contribution is -0.154. The molecule has 3 unspecified atom stereocenters. The summed E-state index contributed by atoms with van der Waals surface area (Å²) in [6.45, 7) is 3.92. The lowest BCUT2D eigenvalue weighted by Crippen LogP contribution is -2.34. The van der Waals surface area contributed by atoms with E-state index in [0.29, 0.717) is 6.61 Å². The number of carboxylic acids is 1. The van der Waals surface area contributed by atoms with E-state index in [0.717, 1.165) is 38.5 Å². The van der Waals surface area contributed by atoms with Crippen molar-refractivity contribution in [3.63, 3.8) is 0 Å². The SMILES string of the molecule is CCCCCCCCCCCCCCCCCOCC(COP(=O)(O)OCC(N)C(=O)O)OC(=O)CCCCCCCCCCCCCCCCC. The maximum Gasteiger partial charge on any atom is 0.472 e. The van der Waals surface area contributed by atoms with Crippen molar-refractivity contribution in [2.75, 3.05) is 26.4 Å². The third-order valence-corrected chi connectivity index (χ3v) is 10.6. The average Bonchev–Trinajstić information content (AvgIpc) is 3.12. The summed E-state index contributed by atoms with van der Waals surface area (Å²) < 4.78 is 33.3. The Balaban J connectivity index is 4.20. The molecule has 10 nitrogen and oxygen atoms in total. The van der Waals surface area contributed by atoms with Gasteiger partial charge in [0.25, 0.3) is 0 Å². The predicted octanol–water partition coefficient (Wildman–Crippen LogP) is 11.6. The largest absolute Gasteiger partial charge is 0.480 e. The molecule has 0 aromatic carbocycles. The molecule has 52 heavy (non-hydrogen) atoms. The van der Waals surface area contributed by atoms with Crippen LogP contribution in [0.15, 0.2) is 0 Å². The Labute approximate surface area is 319 Å². The summed E-state index contributed by atoms with van der Waals surface area (Å²) in [6.07, 6.45) is 37.2. The van der Waals surface area contributed by atoms with Crippen molar-refractivity contribution in [2.24, 2.45) is 5.73 Å². The highest BCUT2D eigenvalue weighted by Crippen LogP contribution is 2.43. The molecular weight excluding hydrogens is 681 g/mol. The third kappa shape index (κ3) is 37.3. The van der Waals surface area contributed by atoms with E-state index in [1.807, 2.05) is 0 Å². The Bertz CT molecular complexity index is 847. The number of hydrogen-bond acceptors (Lipinski definition) is 8. The molecule has 0 aromatic rings. The van der Waals surface area contributed by atoms with Gasteiger partial charge >= 0.3 is 19.8 Å². The Morgan fingerprint density at radius 2 is 0.885 bits per heavy atom. The van der Waals surface area contributed by atoms with Crippen molar-refractivity contribution >= 4 is 19.8 Å². The molecule has 0 spiro atoms. The fourth-order valence-electron chi connectivity index (χ4n) is 6.25. The highest BCUT2D eigenvalue weighted by atomic mass is 31.2. The minimum atomic E-state index is -4.60. The van der Waals surface area contributed by atoms with Crippen molar-refractivity contribution in [1.82, 2.24) is 0 Å². The fraction of sp³-hybridized carbons (Fsp3) is 0.951. The standard InChI is InChI=1S/C41H82NO9P/c1-3-5-7-9-11-13-15-17-19-21-23-25-27-29-31-33-40(43)51-38(36-49-52(46,47)50-37-39(42)41(44)45)35-48-34-32-30-28-26-24-22-20-18-16-14-12-10-8-6-4-2/h38-39H,3-37,42H2,1-2H3,(H,44,45)(H,46,47). The second-order valence-corrected chi connectivity index (χ2v) is 16.3. The first kappa shape index (κ1) is 51.0. The van der Waals surface area contributed by atoms with E-state index in [1.54, 1.807) is 0 Å². The first-order valence-corrected chi connectivity index (χ1v) is 23.1. The van der Waals surface area contributed by atoms with Gasteiger partial charge < -0.3 is 25.2 Å². The van der Waals surface area contributed by atoms with Gasteiger partial charge in [0.1, 0.15) is 12.1 Å². The number of carbonyl (C=O) groups excluding carboxylic acids is 1. The minimum absolute atomic E-state index is 0.0256. The fourth-order valence-corrected chi connectivity index (χ4v) is 7.03. The summed E-state index contributed by atoms with van der Waals surface area (Å²) in [7, 11) is -4.60. The topological polar surface area (TPSA) is 155 Å². The van der Waals surface area contributed by atoms with Crippen molar-refractivity contribution in [1.29, 1.82) is 0 Å². The Hall–Kier alpha value is -1.03. The van der Waals surface area contributed by atoms with Gasteiger partial charge in [0, 0.05) is 13.0 Å². The molecule has 0 heterocycles. The molecule has 0 aliphatic carbocycles. The van der Waals surface area contributed by atoms with Gasteiger partial charge in [-0.3, -0.25) is 18.6 Å². The molecule has 0 rings (SSSR count). The van der Waals surface area contributed by atoms with Gasteiger partial charge in [-0.15, -0.1) is 0 Å². The molecule has 0 aromatic heterocycles. The van der Waals surface area contributed by atoms with Gasteiger partial charge in [0.2, 0.25) is 0 Å². The molecule has 0 bridgehead atoms. The zero-order valence-corrected chi connectivity index (χ0v) is 34.6. The van der Waals surface area contributed by atoms with Crippen LogP contribution >= 0.6 is 7.82 Å². The summed E-state index contributed by atoms with van der Waals surface area (Å²) in [6, 6.07) is -1.47. The normalized spacial score (nSPS) is 13.9. The minimum Gasteiger partial charge on any atom is -0.480 e. The van der Waals surface area contributed by atoms with Gasteiger partial charge in [0.05, 0.1) is 19.8 Å². The van der Waals surface area contributed by atoms with Crippen LogP contribution in [0.25, 0.3) is 0 Å². The molecule has 11 heteroatoms. The van der Waals surface area contributed by atoms with Crippen LogP contribution in [-0.4, -0.2) is 60.5 Å². The molecule has 310 valence electrons. The molecule has 0 radical (unpaired) electrons. The third-order valence-electron chi connectivity index (χ3n) is 9.64. The lowest BCUT2D eigenvalue weighted by Gasteiger charge is -2.20. The summed E-state index contributed by atoms with van der Waals surface area (Å²) in [4.78, 5) is 33.5. The second-order valence-electron chi connectivity index (χ2n) is 14.8. The summed E-state index contributed by atoms with van der Waals surface area (Å²) in [5.74, 6) is -1.77. The van der Waals surface area contributed by atoms with Crippen LogP contribution in [0.5, 0.6) is 0 Å². The quantitative estimate of drug-likeness (QED) is 0.0311. The van der Waals surface area contributed by atoms with E-state index in [1.165, 1.54) is 154 Å². The Morgan fingerprint density at radius 3 is 1.27 bits per heavy atom. The number of carboxylic acid groups (broad SMARTS) is 1. The van der Waals surface area contributed by atoms with Crippen LogP contribution in [-0.2, 0) is 32.7 Å². The molecule has 0 aliphatic heterocycles. The van der Waals surface area contributed by atoms with Crippen molar-refractivity contribution in [3.05, 3.63) is 0 Å². The van der Waals surface area contributed by atoms with Crippen LogP contribution in [0, 0.1) is 0 Å². The van der Waals surface area contributed by atoms with Crippen LogP contribution in [0.3, 0.4) is 0 Å². The van der Waals surface area contributed by atoms with E-state index >= 15 is 0 Å². The number of phosphoric ester groups is 1. The van der Waals surface area contributed by atoms with Gasteiger partial charge in [-0.25, -0.2) is 4.57 Å². The predicted molar refractivity (Wildman–Crippen MR) is 213 cm³/mol. The smallest absolute Gasteiger partial charge is 0.472 e. The van der Waals surface area contributed by atoms with Gasteiger partial charge in [0.15, 0.2) is 0 Å². The van der Waals surface area contributed by atoms with Crippen LogP contribution in [0.4, 0.5) is 0 Å². The zero-order chi connectivity index (χ0) is 38.4. The number of hydrogen-bond donors (Lipinski definition) is 3.